The van der Waals surface area contributed by atoms with Crippen LogP contribution in [0.1, 0.15) is 181 Å². The Morgan fingerprint density at radius 3 is 1.21 bits per heavy atom. The molecule has 12 heterocycles. The molecule has 10 aromatic rings. The molecule has 117 heavy (non-hydrogen) atoms. The Balaban J connectivity index is 0.000000170. The van der Waals surface area contributed by atoms with Crippen molar-refractivity contribution in [2.75, 3.05) is 113 Å². The topological polar surface area (TPSA) is 333 Å². The molecule has 4 aliphatic carbocycles. The number of benzene rings is 2. The fourth-order valence-corrected chi connectivity index (χ4v) is 13.7. The highest BCUT2D eigenvalue weighted by molar-refractivity contribution is 6.29. The molecule has 0 amide bonds. The zero-order chi connectivity index (χ0) is 79.2. The van der Waals surface area contributed by atoms with Gasteiger partial charge in [-0.1, -0.05) is 100 Å². The van der Waals surface area contributed by atoms with Crippen LogP contribution in [-0.4, -0.2) is 217 Å². The summed E-state index contributed by atoms with van der Waals surface area (Å²) < 4.78 is 52.0. The van der Waals surface area contributed by atoms with Crippen LogP contribution in [-0.2, 0) is 32.2 Å². The minimum Gasteiger partial charge on any atom is -0.497 e. The molecule has 8 aliphatic rings. The third-order valence-corrected chi connectivity index (χ3v) is 20.4. The normalized spacial score (nSPS) is 18.7. The highest BCUT2D eigenvalue weighted by atomic mass is 35.5. The van der Waals surface area contributed by atoms with Crippen molar-refractivity contribution in [3.8, 4) is 57.7 Å². The van der Waals surface area contributed by atoms with Gasteiger partial charge >= 0.3 is 17.7 Å². The Morgan fingerprint density at radius 2 is 0.821 bits per heavy atom. The van der Waals surface area contributed by atoms with E-state index in [0.717, 1.165) is 162 Å². The van der Waals surface area contributed by atoms with Crippen molar-refractivity contribution in [2.24, 2.45) is 0 Å². The molecule has 35 heteroatoms. The van der Waals surface area contributed by atoms with Gasteiger partial charge in [-0.25, -0.2) is 33.5 Å². The number of rotatable bonds is 19. The van der Waals surface area contributed by atoms with Crippen LogP contribution in [0.2, 0.25) is 10.4 Å². The molecular formula is C82H118Cl2N24O9. The summed E-state index contributed by atoms with van der Waals surface area (Å²) >= 11 is 12.3. The van der Waals surface area contributed by atoms with Crippen molar-refractivity contribution in [1.82, 2.24) is 99.8 Å². The number of methoxy groups -OCH3 is 2. The minimum absolute atomic E-state index is 0. The first kappa shape index (κ1) is 90.8. The van der Waals surface area contributed by atoms with Gasteiger partial charge in [0.05, 0.1) is 155 Å². The molecule has 0 spiro atoms. The molecule has 2 aromatic carbocycles. The van der Waals surface area contributed by atoms with Gasteiger partial charge < -0.3 is 62.5 Å². The molecule has 4 aliphatic heterocycles. The quantitative estimate of drug-likeness (QED) is 0.0580. The Labute approximate surface area is 696 Å². The van der Waals surface area contributed by atoms with E-state index in [9.17, 15) is 4.79 Å². The summed E-state index contributed by atoms with van der Waals surface area (Å²) in [5.74, 6) is 4.73. The van der Waals surface area contributed by atoms with Crippen LogP contribution < -0.4 is 44.2 Å². The van der Waals surface area contributed by atoms with E-state index < -0.39 is 0 Å². The smallest absolute Gasteiger partial charge is 0.347 e. The average Bonchev–Trinajstić information content (AvgIpc) is 1.67. The minimum atomic E-state index is -0.348. The van der Waals surface area contributed by atoms with Crippen molar-refractivity contribution in [1.29, 1.82) is 0 Å². The number of hydrogen-bond donors (Lipinski definition) is 1. The highest BCUT2D eigenvalue weighted by Crippen LogP contribution is 2.42. The Hall–Kier alpha value is -10.1. The van der Waals surface area contributed by atoms with Gasteiger partial charge in [0.15, 0.2) is 0 Å². The van der Waals surface area contributed by atoms with Crippen molar-refractivity contribution >= 4 is 46.5 Å². The molecule has 33 nitrogen and oxygen atoms in total. The molecule has 4 atom stereocenters. The number of nitrogens with zero attached hydrogens (tertiary/aromatic N) is 23. The van der Waals surface area contributed by atoms with Gasteiger partial charge in [-0.15, -0.1) is 20.4 Å². The molecule has 0 bridgehead atoms. The molecule has 8 aromatic heterocycles. The van der Waals surface area contributed by atoms with Gasteiger partial charge in [0, 0.05) is 56.6 Å². The van der Waals surface area contributed by atoms with Gasteiger partial charge in [-0.3, -0.25) is 0 Å². The fraction of sp³-hybridized carbons (Fsp3) is 0.561. The number of hydrogen-bond acceptors (Lipinski definition) is 28. The van der Waals surface area contributed by atoms with Gasteiger partial charge in [0.1, 0.15) is 70.2 Å². The number of H-pyrrole nitrogens is 1. The summed E-state index contributed by atoms with van der Waals surface area (Å²) in [6.07, 6.45) is 11.3. The number of anilines is 4. The second-order valence-corrected chi connectivity index (χ2v) is 29.7. The first-order valence-corrected chi connectivity index (χ1v) is 39.8. The summed E-state index contributed by atoms with van der Waals surface area (Å²) in [6, 6.07) is 26.5. The molecule has 1 N–H and O–H groups in total. The molecule has 634 valence electrons. The molecule has 0 radical (unpaired) electrons. The van der Waals surface area contributed by atoms with Gasteiger partial charge in [-0.2, -0.15) is 24.9 Å². The van der Waals surface area contributed by atoms with Crippen LogP contribution in [0, 0.1) is 27.7 Å². The Bertz CT molecular complexity index is 4820. The van der Waals surface area contributed by atoms with Crippen LogP contribution >= 0.6 is 23.2 Å². The zero-order valence-electron chi connectivity index (χ0n) is 66.4. The summed E-state index contributed by atoms with van der Waals surface area (Å²) in [6.45, 7) is 29.4. The zero-order valence-corrected chi connectivity index (χ0v) is 67.9. The summed E-state index contributed by atoms with van der Waals surface area (Å²) in [5, 5.41) is 34.0. The van der Waals surface area contributed by atoms with E-state index in [1.165, 1.54) is 12.8 Å². The second-order valence-electron chi connectivity index (χ2n) is 29.0. The number of halogens is 2. The lowest BCUT2D eigenvalue weighted by Crippen LogP contribution is -2.44. The van der Waals surface area contributed by atoms with E-state index in [2.05, 4.69) is 118 Å². The SMILES string of the molecule is C.C.C.C.CC.COc1ccc(COc2nc(-c3c(C)nnn3C3CC3)cc(N3CCOC[C@H]3C)n2)cc1.COc1ccc(COc2nc(Cl)cc(N3CCOC[C@H]3C)n2)cc1.Cc1cn(C2CC2)nn1.Cc1nnn(C2CC2)c1-c1cc(N2CCOC[C@H]2C)nc(=O)[nH]1.Cc1nnn(C2CC2)c1-c1cc(N2CCOC[C@H]2C)nc(Cl)n1. The molecule has 4 saturated heterocycles. The van der Waals surface area contributed by atoms with Crippen LogP contribution in [0.25, 0.3) is 34.2 Å². The van der Waals surface area contributed by atoms with E-state index in [0.29, 0.717) is 107 Å². The lowest BCUT2D eigenvalue weighted by molar-refractivity contribution is 0.0983. The van der Waals surface area contributed by atoms with Crippen LogP contribution in [0.15, 0.2) is 83.8 Å². The lowest BCUT2D eigenvalue weighted by atomic mass is 10.2. The van der Waals surface area contributed by atoms with E-state index in [1.807, 2.05) is 133 Å². The predicted molar refractivity (Wildman–Crippen MR) is 454 cm³/mol. The van der Waals surface area contributed by atoms with E-state index in [1.54, 1.807) is 20.3 Å². The largest absolute Gasteiger partial charge is 0.497 e. The molecule has 18 rings (SSSR count). The highest BCUT2D eigenvalue weighted by Gasteiger charge is 2.35. The van der Waals surface area contributed by atoms with Crippen molar-refractivity contribution in [3.05, 3.63) is 134 Å². The maximum Gasteiger partial charge on any atom is 0.347 e. The third-order valence-electron chi connectivity index (χ3n) is 20.0. The molecule has 4 saturated carbocycles. The third kappa shape index (κ3) is 23.7. The summed E-state index contributed by atoms with van der Waals surface area (Å²) in [5.41, 5.74) is 10.3. The molecule has 0 unspecified atom stereocenters. The number of aromatic amines is 1. The molecular weight excluding hydrogens is 1540 g/mol. The van der Waals surface area contributed by atoms with Gasteiger partial charge in [-0.05, 0) is 154 Å². The monoisotopic (exact) mass is 1650 g/mol. The first-order valence-electron chi connectivity index (χ1n) is 39.0. The summed E-state index contributed by atoms with van der Waals surface area (Å²) in [7, 11) is 3.29. The van der Waals surface area contributed by atoms with Crippen LogP contribution in [0.4, 0.5) is 23.3 Å². The van der Waals surface area contributed by atoms with E-state index in [4.69, 9.17) is 71.1 Å². The maximum absolute atomic E-state index is 12.1. The van der Waals surface area contributed by atoms with Crippen molar-refractivity contribution in [2.45, 2.75) is 212 Å². The van der Waals surface area contributed by atoms with Crippen molar-refractivity contribution in [3.63, 3.8) is 0 Å². The van der Waals surface area contributed by atoms with E-state index >= 15 is 0 Å². The van der Waals surface area contributed by atoms with Crippen LogP contribution in [0.3, 0.4) is 0 Å². The first-order chi connectivity index (χ1) is 54.9. The number of nitrogens with one attached hydrogen (secondary N) is 1. The predicted octanol–water partition coefficient (Wildman–Crippen LogP) is 13.8. The Morgan fingerprint density at radius 1 is 0.444 bits per heavy atom. The van der Waals surface area contributed by atoms with Crippen molar-refractivity contribution < 1.29 is 37.9 Å². The number of aromatic nitrogens is 20. The van der Waals surface area contributed by atoms with E-state index in [-0.39, 0.29) is 70.9 Å². The van der Waals surface area contributed by atoms with Gasteiger partial charge in [0.2, 0.25) is 5.28 Å². The molecule has 8 fully saturated rings. The number of aryl methyl sites for hydroxylation is 4. The standard InChI is InChI=1S/C23H28N6O3.C17H20ClN3O3.C15H19ClN6O.C15H20N6O2.C6H9N3.C2H6.4CH4/c1-15-13-31-11-10-28(15)21-12-20(22-16(2)26-27-29(22)18-6-7-18)24-23(25-21)32-14-17-4-8-19(30-3)9-5-17;1-12-10-23-8-7-21(12)16-9-15(18)19-17(20-16)24-11-13-3-5-14(22-2)6-4-13;1-9-8-23-6-5-21(9)13-7-12(17-15(16)18-13)14-10(2)19-20-22(14)11-3-4-11;1-9-8-23-6-5-20(9)13-7-12(16-15(22)17-13)14-10(2)18-19-21(14)11-3-4-11;1-5-4-9(8-7-5)6-2-3-6;1-2;;;;/h4-5,8-9,12,15,18H,6-7,10-11,13-14H2,1-3H3;3-6,9,12H,7-8,10-11H2,1-2H3;7,9,11H,3-6,8H2,1-2H3;7,9,11H,3-6,8H2,1-2H3,(H,16,17,22);4,6H,2-3H2,1H3;1-2H3;4*1H4/t15-;12-;2*9-;;;;;;/m1111....../s1. The lowest BCUT2D eigenvalue weighted by Gasteiger charge is -2.34. The maximum atomic E-state index is 12.1. The van der Waals surface area contributed by atoms with Crippen LogP contribution in [0.5, 0.6) is 23.5 Å². The second kappa shape index (κ2) is 42.4. The van der Waals surface area contributed by atoms with Gasteiger partial charge in [0.25, 0.3) is 0 Å². The number of ether oxygens (including phenoxy) is 8. The average molecular weight is 1650 g/mol. The fourth-order valence-electron chi connectivity index (χ4n) is 13.4. The number of morpholine rings is 4. The Kier molecular flexibility index (Phi) is 32.9. The summed E-state index contributed by atoms with van der Waals surface area (Å²) in [4.78, 5) is 54.8.